The zero-order valence-electron chi connectivity index (χ0n) is 12.6. The number of carbonyl (C=O) groups excluding carboxylic acids is 1. The third kappa shape index (κ3) is 4.39. The van der Waals surface area contributed by atoms with E-state index >= 15 is 0 Å². The average Bonchev–Trinajstić information content (AvgIpc) is 3.13. The van der Waals surface area contributed by atoms with Gasteiger partial charge in [0.05, 0.1) is 16.8 Å². The number of hydrogen-bond acceptors (Lipinski definition) is 5. The van der Waals surface area contributed by atoms with Crippen LogP contribution in [0.15, 0.2) is 59.4 Å². The standard InChI is InChI=1S/C18H14FNO3S/c19-15-5-1-13(2-6-15)9-23-18(21)14-3-7-17(8-4-14)22-10-16-11-24-12-20-16/h1-8,11-12H,9-10H2. The molecule has 2 aromatic carbocycles. The van der Waals surface area contributed by atoms with Crippen molar-refractivity contribution in [3.63, 3.8) is 0 Å². The number of aromatic nitrogens is 1. The van der Waals surface area contributed by atoms with Gasteiger partial charge in [-0.1, -0.05) is 12.1 Å². The number of hydrogen-bond donors (Lipinski definition) is 0. The Hall–Kier alpha value is -2.73. The second-order valence-corrected chi connectivity index (χ2v) is 5.71. The van der Waals surface area contributed by atoms with Gasteiger partial charge in [0, 0.05) is 5.38 Å². The Morgan fingerprint density at radius 2 is 1.79 bits per heavy atom. The lowest BCUT2D eigenvalue weighted by molar-refractivity contribution is 0.0472. The first kappa shape index (κ1) is 16.1. The number of ether oxygens (including phenoxy) is 2. The fourth-order valence-corrected chi connectivity index (χ4v) is 2.51. The normalized spacial score (nSPS) is 10.4. The van der Waals surface area contributed by atoms with Crippen molar-refractivity contribution in [1.82, 2.24) is 4.98 Å². The second kappa shape index (κ2) is 7.70. The first-order chi connectivity index (χ1) is 11.7. The molecule has 6 heteroatoms. The van der Waals surface area contributed by atoms with E-state index in [-0.39, 0.29) is 12.4 Å². The molecule has 0 fully saturated rings. The maximum atomic E-state index is 12.8. The Labute approximate surface area is 142 Å². The van der Waals surface area contributed by atoms with Gasteiger partial charge in [-0.15, -0.1) is 11.3 Å². The molecule has 3 aromatic rings. The summed E-state index contributed by atoms with van der Waals surface area (Å²) < 4.78 is 23.6. The van der Waals surface area contributed by atoms with Crippen LogP contribution < -0.4 is 4.74 Å². The van der Waals surface area contributed by atoms with Crippen LogP contribution in [0.25, 0.3) is 0 Å². The largest absolute Gasteiger partial charge is 0.487 e. The van der Waals surface area contributed by atoms with Gasteiger partial charge in [0.15, 0.2) is 0 Å². The van der Waals surface area contributed by atoms with E-state index in [4.69, 9.17) is 9.47 Å². The Morgan fingerprint density at radius 1 is 1.04 bits per heavy atom. The number of esters is 1. The maximum Gasteiger partial charge on any atom is 0.338 e. The van der Waals surface area contributed by atoms with Gasteiger partial charge < -0.3 is 9.47 Å². The number of nitrogens with zero attached hydrogens (tertiary/aromatic N) is 1. The summed E-state index contributed by atoms with van der Waals surface area (Å²) in [6.45, 7) is 0.485. The van der Waals surface area contributed by atoms with E-state index in [1.54, 1.807) is 41.9 Å². The third-order valence-electron chi connectivity index (χ3n) is 3.24. The molecule has 0 saturated heterocycles. The quantitative estimate of drug-likeness (QED) is 0.629. The van der Waals surface area contributed by atoms with Crippen LogP contribution in [0, 0.1) is 5.82 Å². The fraction of sp³-hybridized carbons (Fsp3) is 0.111. The minimum absolute atomic E-state index is 0.0984. The van der Waals surface area contributed by atoms with Crippen molar-refractivity contribution in [2.75, 3.05) is 0 Å². The van der Waals surface area contributed by atoms with Crippen LogP contribution in [0.2, 0.25) is 0 Å². The smallest absolute Gasteiger partial charge is 0.338 e. The van der Waals surface area contributed by atoms with Gasteiger partial charge in [0.25, 0.3) is 0 Å². The predicted octanol–water partition coefficient (Wildman–Crippen LogP) is 4.22. The molecule has 3 rings (SSSR count). The predicted molar refractivity (Wildman–Crippen MR) is 88.4 cm³/mol. The van der Waals surface area contributed by atoms with E-state index in [0.29, 0.717) is 17.9 Å². The molecule has 0 amide bonds. The molecule has 122 valence electrons. The molecule has 0 bridgehead atoms. The zero-order valence-corrected chi connectivity index (χ0v) is 13.5. The molecule has 0 aliphatic heterocycles. The van der Waals surface area contributed by atoms with Crippen molar-refractivity contribution in [2.45, 2.75) is 13.2 Å². The highest BCUT2D eigenvalue weighted by molar-refractivity contribution is 7.07. The molecule has 0 radical (unpaired) electrons. The number of carbonyl (C=O) groups is 1. The fourth-order valence-electron chi connectivity index (χ4n) is 1.97. The summed E-state index contributed by atoms with van der Waals surface area (Å²) in [4.78, 5) is 16.1. The van der Waals surface area contributed by atoms with Crippen LogP contribution in [0.4, 0.5) is 4.39 Å². The average molecular weight is 343 g/mol. The van der Waals surface area contributed by atoms with Gasteiger partial charge >= 0.3 is 5.97 Å². The number of rotatable bonds is 6. The first-order valence-electron chi connectivity index (χ1n) is 7.22. The summed E-state index contributed by atoms with van der Waals surface area (Å²) in [5, 5.41) is 1.92. The summed E-state index contributed by atoms with van der Waals surface area (Å²) >= 11 is 1.51. The molecule has 1 heterocycles. The highest BCUT2D eigenvalue weighted by atomic mass is 32.1. The van der Waals surface area contributed by atoms with Crippen molar-refractivity contribution in [2.24, 2.45) is 0 Å². The molecule has 0 saturated carbocycles. The van der Waals surface area contributed by atoms with Crippen LogP contribution in [0.5, 0.6) is 5.75 Å². The van der Waals surface area contributed by atoms with Gasteiger partial charge in [0.1, 0.15) is 24.8 Å². The van der Waals surface area contributed by atoms with Crippen molar-refractivity contribution >= 4 is 17.3 Å². The molecule has 0 unspecified atom stereocenters. The van der Waals surface area contributed by atoms with E-state index in [1.807, 2.05) is 5.38 Å². The molecule has 0 spiro atoms. The monoisotopic (exact) mass is 343 g/mol. The van der Waals surface area contributed by atoms with Gasteiger partial charge in [-0.25, -0.2) is 14.2 Å². The molecular weight excluding hydrogens is 329 g/mol. The third-order valence-corrected chi connectivity index (χ3v) is 3.88. The van der Waals surface area contributed by atoms with Crippen molar-refractivity contribution in [1.29, 1.82) is 0 Å². The molecule has 24 heavy (non-hydrogen) atoms. The lowest BCUT2D eigenvalue weighted by Crippen LogP contribution is -2.05. The van der Waals surface area contributed by atoms with Crippen molar-refractivity contribution in [3.8, 4) is 5.75 Å². The van der Waals surface area contributed by atoms with Gasteiger partial charge in [-0.05, 0) is 42.0 Å². The zero-order chi connectivity index (χ0) is 16.8. The molecule has 0 aliphatic carbocycles. The lowest BCUT2D eigenvalue weighted by atomic mass is 10.2. The molecule has 1 aromatic heterocycles. The Balaban J connectivity index is 1.52. The van der Waals surface area contributed by atoms with Crippen molar-refractivity contribution < 1.29 is 18.7 Å². The van der Waals surface area contributed by atoms with Gasteiger partial charge in [-0.3, -0.25) is 0 Å². The minimum Gasteiger partial charge on any atom is -0.487 e. The summed E-state index contributed by atoms with van der Waals surface area (Å²) in [5.41, 5.74) is 3.77. The summed E-state index contributed by atoms with van der Waals surface area (Å²) in [6, 6.07) is 12.5. The van der Waals surface area contributed by atoms with E-state index in [0.717, 1.165) is 11.3 Å². The van der Waals surface area contributed by atoms with E-state index in [2.05, 4.69) is 4.98 Å². The topological polar surface area (TPSA) is 48.4 Å². The lowest BCUT2D eigenvalue weighted by Gasteiger charge is -2.07. The minimum atomic E-state index is -0.439. The highest BCUT2D eigenvalue weighted by Crippen LogP contribution is 2.15. The molecule has 0 aliphatic rings. The summed E-state index contributed by atoms with van der Waals surface area (Å²) in [5.74, 6) is -0.109. The number of thiazole rings is 1. The Bertz CT molecular complexity index is 786. The Kier molecular flexibility index (Phi) is 5.18. The first-order valence-corrected chi connectivity index (χ1v) is 8.16. The van der Waals surface area contributed by atoms with E-state index in [1.165, 1.54) is 23.5 Å². The van der Waals surface area contributed by atoms with Crippen LogP contribution in [0.1, 0.15) is 21.6 Å². The van der Waals surface area contributed by atoms with E-state index < -0.39 is 5.97 Å². The Morgan fingerprint density at radius 3 is 2.46 bits per heavy atom. The number of benzene rings is 2. The molecule has 0 N–H and O–H groups in total. The van der Waals surface area contributed by atoms with Gasteiger partial charge in [-0.2, -0.15) is 0 Å². The van der Waals surface area contributed by atoms with Crippen LogP contribution in [-0.2, 0) is 18.0 Å². The maximum absolute atomic E-state index is 12.8. The highest BCUT2D eigenvalue weighted by Gasteiger charge is 2.08. The van der Waals surface area contributed by atoms with Crippen LogP contribution in [-0.4, -0.2) is 11.0 Å². The van der Waals surface area contributed by atoms with Crippen LogP contribution >= 0.6 is 11.3 Å². The van der Waals surface area contributed by atoms with Crippen LogP contribution in [0.3, 0.4) is 0 Å². The SMILES string of the molecule is O=C(OCc1ccc(F)cc1)c1ccc(OCc2cscn2)cc1. The van der Waals surface area contributed by atoms with Gasteiger partial charge in [0.2, 0.25) is 0 Å². The summed E-state index contributed by atoms with van der Waals surface area (Å²) in [6.07, 6.45) is 0. The number of halogens is 1. The van der Waals surface area contributed by atoms with E-state index in [9.17, 15) is 9.18 Å². The molecule has 0 atom stereocenters. The van der Waals surface area contributed by atoms with Crippen molar-refractivity contribution in [3.05, 3.63) is 82.1 Å². The summed E-state index contributed by atoms with van der Waals surface area (Å²) in [7, 11) is 0. The molecule has 4 nitrogen and oxygen atoms in total. The second-order valence-electron chi connectivity index (χ2n) is 5.00. The molecular formula is C18H14FNO3S.